The predicted molar refractivity (Wildman–Crippen MR) is 69.7 cm³/mol. The minimum absolute atomic E-state index is 0.0259. The van der Waals surface area contributed by atoms with Crippen molar-refractivity contribution in [2.24, 2.45) is 0 Å². The van der Waals surface area contributed by atoms with Gasteiger partial charge in [-0.25, -0.2) is 8.78 Å². The Hall–Kier alpha value is -1.65. The summed E-state index contributed by atoms with van der Waals surface area (Å²) in [7, 11) is 0. The molecule has 2 rings (SSSR count). The fourth-order valence-electron chi connectivity index (χ4n) is 2.45. The molecule has 1 aliphatic rings. The lowest BCUT2D eigenvalue weighted by Gasteiger charge is -2.27. The molecule has 2 N–H and O–H groups in total. The van der Waals surface area contributed by atoms with Crippen molar-refractivity contribution < 1.29 is 13.6 Å². The van der Waals surface area contributed by atoms with Crippen LogP contribution in [0.2, 0.25) is 0 Å². The number of likely N-dealkylation sites (tertiary alicyclic amines) is 1. The number of carbonyl (C=O) groups excluding carboxylic acids is 1. The van der Waals surface area contributed by atoms with E-state index in [2.05, 4.69) is 0 Å². The van der Waals surface area contributed by atoms with E-state index in [1.807, 2.05) is 6.92 Å². The number of nitrogens with zero attached hydrogens (tertiary/aromatic N) is 1. The second kappa shape index (κ2) is 5.55. The third-order valence-corrected chi connectivity index (χ3v) is 3.64. The third-order valence-electron chi connectivity index (χ3n) is 3.64. The summed E-state index contributed by atoms with van der Waals surface area (Å²) in [6, 6.07) is 2.12. The van der Waals surface area contributed by atoms with Gasteiger partial charge in [0.05, 0.1) is 0 Å². The van der Waals surface area contributed by atoms with Crippen molar-refractivity contribution in [2.75, 3.05) is 12.3 Å². The average molecular weight is 268 g/mol. The number of rotatable bonds is 1. The molecule has 0 aliphatic carbocycles. The van der Waals surface area contributed by atoms with E-state index in [0.717, 1.165) is 37.8 Å². The lowest BCUT2D eigenvalue weighted by Crippen LogP contribution is -2.38. The molecule has 1 aliphatic heterocycles. The van der Waals surface area contributed by atoms with Crippen molar-refractivity contribution in [3.8, 4) is 0 Å². The minimum atomic E-state index is -0.883. The van der Waals surface area contributed by atoms with Crippen LogP contribution in [0.5, 0.6) is 0 Å². The van der Waals surface area contributed by atoms with E-state index in [0.29, 0.717) is 6.54 Å². The molecule has 1 fully saturated rings. The van der Waals surface area contributed by atoms with Gasteiger partial charge in [-0.1, -0.05) is 12.8 Å². The van der Waals surface area contributed by atoms with E-state index < -0.39 is 17.3 Å². The number of nitrogen functional groups attached to an aromatic ring is 1. The Balaban J connectivity index is 2.27. The van der Waals surface area contributed by atoms with Crippen LogP contribution in [-0.4, -0.2) is 23.4 Å². The van der Waals surface area contributed by atoms with E-state index in [9.17, 15) is 13.6 Å². The summed E-state index contributed by atoms with van der Waals surface area (Å²) in [4.78, 5) is 14.0. The molecule has 0 aromatic heterocycles. The van der Waals surface area contributed by atoms with Crippen molar-refractivity contribution in [1.82, 2.24) is 4.90 Å². The molecular weight excluding hydrogens is 250 g/mol. The van der Waals surface area contributed by atoms with Crippen LogP contribution in [-0.2, 0) is 0 Å². The molecule has 1 amide bonds. The Morgan fingerprint density at radius 1 is 1.26 bits per heavy atom. The highest BCUT2D eigenvalue weighted by atomic mass is 19.1. The Bertz CT molecular complexity index is 467. The molecule has 0 bridgehead atoms. The number of carbonyl (C=O) groups is 1. The van der Waals surface area contributed by atoms with Crippen molar-refractivity contribution in [3.05, 3.63) is 29.3 Å². The number of amides is 1. The van der Waals surface area contributed by atoms with Crippen LogP contribution in [0.15, 0.2) is 12.1 Å². The number of nitrogens with two attached hydrogens (primary N) is 1. The quantitative estimate of drug-likeness (QED) is 0.796. The Morgan fingerprint density at radius 3 is 2.53 bits per heavy atom. The number of benzene rings is 1. The first-order valence-electron chi connectivity index (χ1n) is 6.56. The van der Waals surface area contributed by atoms with Gasteiger partial charge < -0.3 is 10.6 Å². The van der Waals surface area contributed by atoms with Gasteiger partial charge in [-0.15, -0.1) is 0 Å². The zero-order valence-electron chi connectivity index (χ0n) is 11.0. The predicted octanol–water partition coefficient (Wildman–Crippen LogP) is 2.95. The fourth-order valence-corrected chi connectivity index (χ4v) is 2.45. The van der Waals surface area contributed by atoms with E-state index in [1.165, 1.54) is 0 Å². The second-order valence-electron chi connectivity index (χ2n) is 5.05. The largest absolute Gasteiger partial charge is 0.394 e. The standard InChI is InChI=1S/C14H18F2N2O/c1-9-5-3-2-4-6-18(9)14(19)10-7-11(15)13(17)12(16)8-10/h7-9H,2-6,17H2,1H3. The lowest BCUT2D eigenvalue weighted by molar-refractivity contribution is 0.0697. The normalized spacial score (nSPS) is 20.2. The third kappa shape index (κ3) is 2.85. The molecule has 5 heteroatoms. The van der Waals surface area contributed by atoms with Gasteiger partial charge in [-0.3, -0.25) is 4.79 Å². The molecule has 1 aromatic rings. The highest BCUT2D eigenvalue weighted by Crippen LogP contribution is 2.22. The van der Waals surface area contributed by atoms with Crippen LogP contribution in [0.25, 0.3) is 0 Å². The molecule has 1 heterocycles. The van der Waals surface area contributed by atoms with E-state index >= 15 is 0 Å². The summed E-state index contributed by atoms with van der Waals surface area (Å²) in [6.45, 7) is 2.60. The molecule has 1 aromatic carbocycles. The van der Waals surface area contributed by atoms with Crippen molar-refractivity contribution in [1.29, 1.82) is 0 Å². The maximum Gasteiger partial charge on any atom is 0.254 e. The van der Waals surface area contributed by atoms with E-state index in [4.69, 9.17) is 5.73 Å². The van der Waals surface area contributed by atoms with Crippen LogP contribution in [0.4, 0.5) is 14.5 Å². The highest BCUT2D eigenvalue weighted by molar-refractivity contribution is 5.94. The SMILES string of the molecule is CC1CCCCCN1C(=O)c1cc(F)c(N)c(F)c1. The number of hydrogen-bond acceptors (Lipinski definition) is 2. The van der Waals surface area contributed by atoms with E-state index in [-0.39, 0.29) is 17.5 Å². The van der Waals surface area contributed by atoms with Crippen LogP contribution in [0, 0.1) is 11.6 Å². The summed E-state index contributed by atoms with van der Waals surface area (Å²) in [6.07, 6.45) is 4.01. The van der Waals surface area contributed by atoms with Gasteiger partial charge in [0.1, 0.15) is 17.3 Å². The molecule has 1 saturated heterocycles. The number of anilines is 1. The van der Waals surface area contributed by atoms with Gasteiger partial charge in [0, 0.05) is 18.2 Å². The lowest BCUT2D eigenvalue weighted by atomic mass is 10.1. The summed E-state index contributed by atoms with van der Waals surface area (Å²) < 4.78 is 26.8. The Labute approximate surface area is 111 Å². The monoisotopic (exact) mass is 268 g/mol. The molecule has 0 saturated carbocycles. The summed E-state index contributed by atoms with van der Waals surface area (Å²) >= 11 is 0. The van der Waals surface area contributed by atoms with Gasteiger partial charge in [0.25, 0.3) is 5.91 Å². The van der Waals surface area contributed by atoms with Gasteiger partial charge in [-0.05, 0) is 31.9 Å². The van der Waals surface area contributed by atoms with Gasteiger partial charge in [-0.2, -0.15) is 0 Å². The van der Waals surface area contributed by atoms with E-state index in [1.54, 1.807) is 4.90 Å². The van der Waals surface area contributed by atoms with Crippen LogP contribution >= 0.6 is 0 Å². The molecule has 3 nitrogen and oxygen atoms in total. The fraction of sp³-hybridized carbons (Fsp3) is 0.500. The zero-order valence-corrected chi connectivity index (χ0v) is 11.0. The van der Waals surface area contributed by atoms with Crippen LogP contribution in [0.1, 0.15) is 43.0 Å². The molecule has 0 radical (unpaired) electrons. The van der Waals surface area contributed by atoms with Gasteiger partial charge >= 0.3 is 0 Å². The smallest absolute Gasteiger partial charge is 0.254 e. The maximum atomic E-state index is 13.4. The second-order valence-corrected chi connectivity index (χ2v) is 5.05. The molecule has 1 atom stereocenters. The Kier molecular flexibility index (Phi) is 4.02. The molecule has 104 valence electrons. The highest BCUT2D eigenvalue weighted by Gasteiger charge is 2.24. The summed E-state index contributed by atoms with van der Waals surface area (Å²) in [5.41, 5.74) is 4.69. The first-order valence-corrected chi connectivity index (χ1v) is 6.56. The van der Waals surface area contributed by atoms with Crippen LogP contribution < -0.4 is 5.73 Å². The van der Waals surface area contributed by atoms with Crippen molar-refractivity contribution in [3.63, 3.8) is 0 Å². The first kappa shape index (κ1) is 13.8. The maximum absolute atomic E-state index is 13.4. The molecule has 1 unspecified atom stereocenters. The zero-order chi connectivity index (χ0) is 14.0. The molecular formula is C14H18F2N2O. The topological polar surface area (TPSA) is 46.3 Å². The van der Waals surface area contributed by atoms with Gasteiger partial charge in [0.2, 0.25) is 0 Å². The molecule has 0 spiro atoms. The average Bonchev–Trinajstić information content (AvgIpc) is 2.59. The first-order chi connectivity index (χ1) is 9.00. The van der Waals surface area contributed by atoms with Gasteiger partial charge in [0.15, 0.2) is 0 Å². The van der Waals surface area contributed by atoms with Crippen molar-refractivity contribution in [2.45, 2.75) is 38.6 Å². The summed E-state index contributed by atoms with van der Waals surface area (Å²) in [5, 5.41) is 0. The Morgan fingerprint density at radius 2 is 1.89 bits per heavy atom. The molecule has 19 heavy (non-hydrogen) atoms. The number of halogens is 2. The van der Waals surface area contributed by atoms with Crippen molar-refractivity contribution >= 4 is 11.6 Å². The number of hydrogen-bond donors (Lipinski definition) is 1. The minimum Gasteiger partial charge on any atom is -0.394 e. The summed E-state index contributed by atoms with van der Waals surface area (Å²) in [5.74, 6) is -2.09. The van der Waals surface area contributed by atoms with Crippen LogP contribution in [0.3, 0.4) is 0 Å².